The van der Waals surface area contributed by atoms with E-state index in [0.29, 0.717) is 5.13 Å². The molecule has 0 saturated heterocycles. The number of aromatic nitrogens is 2. The molecule has 64 valence electrons. The lowest BCUT2D eigenvalue weighted by molar-refractivity contribution is 0.150. The van der Waals surface area contributed by atoms with E-state index in [2.05, 4.69) is 21.4 Å². The predicted octanol–water partition coefficient (Wildman–Crippen LogP) is 1.52. The highest BCUT2D eigenvalue weighted by Crippen LogP contribution is 2.24. The Bertz CT molecular complexity index is 291. The molecular formula is C6H5F2N3S. The Morgan fingerprint density at radius 3 is 2.83 bits per heavy atom. The van der Waals surface area contributed by atoms with Gasteiger partial charge < -0.3 is 5.32 Å². The summed E-state index contributed by atoms with van der Waals surface area (Å²) in [7, 11) is 0. The van der Waals surface area contributed by atoms with Gasteiger partial charge in [0.05, 0.1) is 6.54 Å². The fourth-order valence-electron chi connectivity index (χ4n) is 0.521. The molecule has 0 radical (unpaired) electrons. The van der Waals surface area contributed by atoms with Crippen molar-refractivity contribution in [3.05, 3.63) is 5.01 Å². The standard InChI is InChI=1S/C6H5F2N3S/c1-2-3-9-6-11-10-5(12-6)4(7)8/h1,4H,3H2,(H,9,11). The third-order valence-electron chi connectivity index (χ3n) is 0.969. The fraction of sp³-hybridized carbons (Fsp3) is 0.333. The molecule has 1 aromatic rings. The van der Waals surface area contributed by atoms with E-state index in [1.54, 1.807) is 0 Å². The van der Waals surface area contributed by atoms with Crippen LogP contribution in [0.15, 0.2) is 0 Å². The Morgan fingerprint density at radius 1 is 1.58 bits per heavy atom. The molecule has 0 aliphatic carbocycles. The zero-order chi connectivity index (χ0) is 8.97. The van der Waals surface area contributed by atoms with Crippen LogP contribution in [0.3, 0.4) is 0 Å². The molecule has 1 N–H and O–H groups in total. The van der Waals surface area contributed by atoms with Crippen molar-refractivity contribution in [2.45, 2.75) is 6.43 Å². The van der Waals surface area contributed by atoms with Crippen LogP contribution in [0, 0.1) is 12.3 Å². The molecule has 1 aromatic heterocycles. The van der Waals surface area contributed by atoms with Gasteiger partial charge in [0.1, 0.15) is 0 Å². The van der Waals surface area contributed by atoms with Gasteiger partial charge in [-0.3, -0.25) is 0 Å². The van der Waals surface area contributed by atoms with Gasteiger partial charge in [-0.05, 0) is 0 Å². The summed E-state index contributed by atoms with van der Waals surface area (Å²) in [6.07, 6.45) is 2.37. The number of hydrogen-bond donors (Lipinski definition) is 1. The van der Waals surface area contributed by atoms with Gasteiger partial charge in [-0.2, -0.15) is 0 Å². The number of terminal acetylenes is 1. The van der Waals surface area contributed by atoms with E-state index in [-0.39, 0.29) is 11.6 Å². The van der Waals surface area contributed by atoms with E-state index >= 15 is 0 Å². The van der Waals surface area contributed by atoms with Crippen LogP contribution in [0.4, 0.5) is 13.9 Å². The van der Waals surface area contributed by atoms with Gasteiger partial charge in [-0.25, -0.2) is 8.78 Å². The molecule has 0 unspecified atom stereocenters. The molecule has 0 aromatic carbocycles. The number of hydrogen-bond acceptors (Lipinski definition) is 4. The summed E-state index contributed by atoms with van der Waals surface area (Å²) in [6.45, 7) is 0.262. The van der Waals surface area contributed by atoms with Crippen LogP contribution >= 0.6 is 11.3 Å². The maximum absolute atomic E-state index is 11.9. The smallest absolute Gasteiger partial charge is 0.291 e. The van der Waals surface area contributed by atoms with Gasteiger partial charge in [-0.15, -0.1) is 16.6 Å². The molecule has 3 nitrogen and oxygen atoms in total. The average Bonchev–Trinajstić information content (AvgIpc) is 2.48. The van der Waals surface area contributed by atoms with Gasteiger partial charge >= 0.3 is 0 Å². The van der Waals surface area contributed by atoms with Gasteiger partial charge in [0, 0.05) is 0 Å². The Balaban J connectivity index is 2.59. The quantitative estimate of drug-likeness (QED) is 0.732. The second-order valence-electron chi connectivity index (χ2n) is 1.80. The van der Waals surface area contributed by atoms with E-state index < -0.39 is 6.43 Å². The lowest BCUT2D eigenvalue weighted by atomic mass is 10.7. The van der Waals surface area contributed by atoms with Crippen molar-refractivity contribution in [3.63, 3.8) is 0 Å². The van der Waals surface area contributed by atoms with Gasteiger partial charge in [0.15, 0.2) is 5.01 Å². The third-order valence-corrected chi connectivity index (χ3v) is 1.86. The first kappa shape index (κ1) is 8.87. The average molecular weight is 189 g/mol. The summed E-state index contributed by atoms with van der Waals surface area (Å²) in [6, 6.07) is 0. The van der Waals surface area contributed by atoms with Crippen molar-refractivity contribution in [1.29, 1.82) is 0 Å². The number of nitrogens with zero attached hydrogens (tertiary/aromatic N) is 2. The van der Waals surface area contributed by atoms with Crippen molar-refractivity contribution < 1.29 is 8.78 Å². The Labute approximate surface area is 71.8 Å². The molecule has 0 saturated carbocycles. The van der Waals surface area contributed by atoms with Crippen LogP contribution in [-0.4, -0.2) is 16.7 Å². The largest absolute Gasteiger partial charge is 0.349 e. The number of nitrogens with one attached hydrogen (secondary N) is 1. The summed E-state index contributed by atoms with van der Waals surface area (Å²) in [5.74, 6) is 2.29. The summed E-state index contributed by atoms with van der Waals surface area (Å²) >= 11 is 0.802. The second kappa shape index (κ2) is 3.97. The number of rotatable bonds is 3. The van der Waals surface area contributed by atoms with E-state index in [1.165, 1.54) is 0 Å². The minimum Gasteiger partial charge on any atom is -0.349 e. The van der Waals surface area contributed by atoms with Crippen LogP contribution in [0.25, 0.3) is 0 Å². The summed E-state index contributed by atoms with van der Waals surface area (Å²) < 4.78 is 23.9. The highest BCUT2D eigenvalue weighted by atomic mass is 32.1. The maximum Gasteiger partial charge on any atom is 0.291 e. The molecule has 0 atom stereocenters. The normalized spacial score (nSPS) is 9.83. The topological polar surface area (TPSA) is 37.8 Å². The molecule has 0 bridgehead atoms. The number of anilines is 1. The van der Waals surface area contributed by atoms with E-state index in [1.807, 2.05) is 0 Å². The Kier molecular flexibility index (Phi) is 2.94. The van der Waals surface area contributed by atoms with E-state index in [0.717, 1.165) is 11.3 Å². The third kappa shape index (κ3) is 2.13. The first-order valence-corrected chi connectivity index (χ1v) is 3.84. The van der Waals surface area contributed by atoms with Crippen LogP contribution < -0.4 is 5.32 Å². The molecule has 0 spiro atoms. The molecule has 0 aliphatic rings. The SMILES string of the molecule is C#CCNc1nnc(C(F)F)s1. The molecule has 0 aliphatic heterocycles. The van der Waals surface area contributed by atoms with Gasteiger partial charge in [0.2, 0.25) is 5.13 Å². The Morgan fingerprint density at radius 2 is 2.33 bits per heavy atom. The predicted molar refractivity (Wildman–Crippen MR) is 42.2 cm³/mol. The van der Waals surface area contributed by atoms with Crippen LogP contribution in [0.2, 0.25) is 0 Å². The maximum atomic E-state index is 11.9. The van der Waals surface area contributed by atoms with Crippen molar-refractivity contribution in [1.82, 2.24) is 10.2 Å². The molecule has 1 heterocycles. The molecule has 12 heavy (non-hydrogen) atoms. The fourth-order valence-corrected chi connectivity index (χ4v) is 1.12. The molecule has 0 amide bonds. The summed E-state index contributed by atoms with van der Waals surface area (Å²) in [5.41, 5.74) is 0. The first-order valence-electron chi connectivity index (χ1n) is 3.03. The van der Waals surface area contributed by atoms with Crippen molar-refractivity contribution >= 4 is 16.5 Å². The van der Waals surface area contributed by atoms with E-state index in [9.17, 15) is 8.78 Å². The van der Waals surface area contributed by atoms with Crippen molar-refractivity contribution in [3.8, 4) is 12.3 Å². The number of alkyl halides is 2. The summed E-state index contributed by atoms with van der Waals surface area (Å²) in [5, 5.41) is 9.38. The summed E-state index contributed by atoms with van der Waals surface area (Å²) in [4.78, 5) is 0. The lowest BCUT2D eigenvalue weighted by Crippen LogP contribution is -1.96. The van der Waals surface area contributed by atoms with Crippen molar-refractivity contribution in [2.24, 2.45) is 0 Å². The lowest BCUT2D eigenvalue weighted by Gasteiger charge is -1.91. The van der Waals surface area contributed by atoms with Crippen LogP contribution in [-0.2, 0) is 0 Å². The zero-order valence-corrected chi connectivity index (χ0v) is 6.74. The van der Waals surface area contributed by atoms with Crippen LogP contribution in [0.5, 0.6) is 0 Å². The van der Waals surface area contributed by atoms with Crippen LogP contribution in [0.1, 0.15) is 11.4 Å². The highest BCUT2D eigenvalue weighted by Gasteiger charge is 2.12. The highest BCUT2D eigenvalue weighted by molar-refractivity contribution is 7.15. The first-order chi connectivity index (χ1) is 5.74. The molecule has 6 heteroatoms. The zero-order valence-electron chi connectivity index (χ0n) is 5.92. The minimum absolute atomic E-state index is 0.262. The number of halogens is 2. The van der Waals surface area contributed by atoms with Crippen molar-refractivity contribution in [2.75, 3.05) is 11.9 Å². The minimum atomic E-state index is -2.57. The second-order valence-corrected chi connectivity index (χ2v) is 2.81. The monoisotopic (exact) mass is 189 g/mol. The molecule has 1 rings (SSSR count). The van der Waals surface area contributed by atoms with E-state index in [4.69, 9.17) is 6.42 Å². The van der Waals surface area contributed by atoms with Gasteiger partial charge in [-0.1, -0.05) is 17.3 Å². The molecular weight excluding hydrogens is 184 g/mol. The van der Waals surface area contributed by atoms with Gasteiger partial charge in [0.25, 0.3) is 6.43 Å². The Hall–Kier alpha value is -1.22. The molecule has 0 fully saturated rings.